The molecule has 234 valence electrons. The van der Waals surface area contributed by atoms with Gasteiger partial charge >= 0.3 is 0 Å². The first-order chi connectivity index (χ1) is 20.1. The van der Waals surface area contributed by atoms with Crippen molar-refractivity contribution in [2.45, 2.75) is 122 Å². The summed E-state index contributed by atoms with van der Waals surface area (Å²) in [4.78, 5) is 40.3. The molecule has 2 heterocycles. The van der Waals surface area contributed by atoms with Gasteiger partial charge in [-0.15, -0.1) is 11.8 Å². The first kappa shape index (κ1) is 30.4. The molecule has 9 heteroatoms. The monoisotopic (exact) mass is 599 g/mol. The van der Waals surface area contributed by atoms with Gasteiger partial charge in [-0.05, 0) is 117 Å². The van der Waals surface area contributed by atoms with E-state index in [1.165, 1.54) is 69.1 Å². The lowest BCUT2D eigenvalue weighted by Crippen LogP contribution is -2.71. The molecule has 6 rings (SSSR count). The summed E-state index contributed by atoms with van der Waals surface area (Å²) in [5.74, 6) is 4.31. The molecule has 10 unspecified atom stereocenters. The zero-order valence-electron chi connectivity index (χ0n) is 26.0. The fraction of sp³-hybridized carbons (Fsp3) is 0.848. The number of nitrogens with zero attached hydrogens (tertiary/aromatic N) is 1. The number of β-lactam (4-membered cyclic amide) rings is 1. The number of amides is 3. The predicted molar refractivity (Wildman–Crippen MR) is 167 cm³/mol. The lowest BCUT2D eigenvalue weighted by atomic mass is 9.42. The van der Waals surface area contributed by atoms with Gasteiger partial charge < -0.3 is 22.1 Å². The number of carbonyl (C=O) groups is 3. The van der Waals surface area contributed by atoms with Crippen molar-refractivity contribution in [2.75, 3.05) is 12.3 Å². The average Bonchev–Trinajstić information content (AvgIpc) is 3.39. The van der Waals surface area contributed by atoms with Crippen LogP contribution in [0, 0.1) is 40.4 Å². The number of carbonyl (C=O) groups excluding carboxylic acids is 3. The molecule has 0 aromatic heterocycles. The first-order valence-corrected chi connectivity index (χ1v) is 17.8. The Morgan fingerprint density at radius 1 is 1.05 bits per heavy atom. The highest BCUT2D eigenvalue weighted by atomic mass is 32.2. The lowest BCUT2D eigenvalue weighted by molar-refractivity contribution is -0.148. The molecule has 0 aromatic carbocycles. The van der Waals surface area contributed by atoms with Gasteiger partial charge in [0.2, 0.25) is 5.91 Å². The number of hydrogen-bond donors (Lipinski definition) is 4. The van der Waals surface area contributed by atoms with Crippen molar-refractivity contribution in [2.24, 2.45) is 51.9 Å². The van der Waals surface area contributed by atoms with E-state index in [4.69, 9.17) is 11.5 Å². The molecular weight excluding hydrogens is 546 g/mol. The van der Waals surface area contributed by atoms with Crippen molar-refractivity contribution in [3.8, 4) is 0 Å². The minimum atomic E-state index is -0.665. The molecule has 6 aliphatic rings. The van der Waals surface area contributed by atoms with Crippen LogP contribution in [0.5, 0.6) is 0 Å². The molecule has 3 amide bonds. The van der Waals surface area contributed by atoms with Crippen LogP contribution in [0.15, 0.2) is 11.3 Å². The maximum absolute atomic E-state index is 13.1. The Kier molecular flexibility index (Phi) is 8.51. The third-order valence-corrected chi connectivity index (χ3v) is 14.5. The molecule has 0 radical (unpaired) electrons. The smallest absolute Gasteiger partial charge is 0.269 e. The first-order valence-electron chi connectivity index (χ1n) is 16.8. The molecule has 42 heavy (non-hydrogen) atoms. The van der Waals surface area contributed by atoms with Crippen LogP contribution in [0.2, 0.25) is 0 Å². The molecule has 4 aliphatic carbocycles. The average molecular weight is 600 g/mol. The molecule has 4 saturated carbocycles. The zero-order valence-corrected chi connectivity index (χ0v) is 26.8. The fourth-order valence-corrected chi connectivity index (χ4v) is 11.9. The summed E-state index contributed by atoms with van der Waals surface area (Å²) >= 11 is 1.59. The number of hydrogen-bond acceptors (Lipinski definition) is 6. The van der Waals surface area contributed by atoms with Crippen LogP contribution in [0.4, 0.5) is 0 Å². The molecule has 0 aromatic rings. The largest absolute Gasteiger partial charge is 0.342 e. The van der Waals surface area contributed by atoms with E-state index in [9.17, 15) is 14.4 Å². The van der Waals surface area contributed by atoms with Crippen LogP contribution < -0.4 is 22.1 Å². The van der Waals surface area contributed by atoms with E-state index in [2.05, 4.69) is 24.5 Å². The van der Waals surface area contributed by atoms with Crippen molar-refractivity contribution < 1.29 is 14.4 Å². The van der Waals surface area contributed by atoms with E-state index >= 15 is 0 Å². The highest BCUT2D eigenvalue weighted by Gasteiger charge is 2.59. The second-order valence-electron chi connectivity index (χ2n) is 15.0. The molecule has 5 fully saturated rings. The van der Waals surface area contributed by atoms with Gasteiger partial charge in [-0.3, -0.25) is 19.3 Å². The summed E-state index contributed by atoms with van der Waals surface area (Å²) in [6, 6.07) is -0.578. The number of thioether (sulfide) groups is 1. The van der Waals surface area contributed by atoms with Crippen LogP contribution in [0.25, 0.3) is 0 Å². The summed E-state index contributed by atoms with van der Waals surface area (Å²) < 4.78 is 0. The van der Waals surface area contributed by atoms with Gasteiger partial charge in [0.25, 0.3) is 11.8 Å². The SMILES string of the molecule is CC1=C(C(=O)NC(N)CN)N2C(=O)C(NC(=O)CCCC3CCC4C3CCC3C4CCC4(C)CCCCC34C)C2SC1. The van der Waals surface area contributed by atoms with Crippen molar-refractivity contribution in [1.82, 2.24) is 15.5 Å². The van der Waals surface area contributed by atoms with Crippen molar-refractivity contribution in [3.63, 3.8) is 0 Å². The van der Waals surface area contributed by atoms with Crippen LogP contribution in [0.1, 0.15) is 104 Å². The Labute approximate surface area is 256 Å². The van der Waals surface area contributed by atoms with E-state index in [-0.39, 0.29) is 29.6 Å². The summed E-state index contributed by atoms with van der Waals surface area (Å²) in [6.45, 7) is 7.25. The van der Waals surface area contributed by atoms with E-state index in [1.54, 1.807) is 11.8 Å². The van der Waals surface area contributed by atoms with Crippen molar-refractivity contribution >= 4 is 29.5 Å². The second-order valence-corrected chi connectivity index (χ2v) is 16.1. The number of rotatable bonds is 8. The Morgan fingerprint density at radius 2 is 1.81 bits per heavy atom. The maximum Gasteiger partial charge on any atom is 0.269 e. The quantitative estimate of drug-likeness (QED) is 0.244. The topological polar surface area (TPSA) is 131 Å². The maximum atomic E-state index is 13.1. The van der Waals surface area contributed by atoms with Crippen molar-refractivity contribution in [3.05, 3.63) is 11.3 Å². The summed E-state index contributed by atoms with van der Waals surface area (Å²) in [5.41, 5.74) is 13.6. The molecule has 6 N–H and O–H groups in total. The van der Waals surface area contributed by atoms with E-state index in [0.717, 1.165) is 48.0 Å². The van der Waals surface area contributed by atoms with Crippen LogP contribution in [-0.4, -0.2) is 52.5 Å². The van der Waals surface area contributed by atoms with Gasteiger partial charge in [-0.1, -0.05) is 26.7 Å². The normalized spacial score (nSPS) is 41.6. The van der Waals surface area contributed by atoms with Crippen molar-refractivity contribution in [1.29, 1.82) is 0 Å². The van der Waals surface area contributed by atoms with Crippen LogP contribution in [0.3, 0.4) is 0 Å². The Morgan fingerprint density at radius 3 is 2.60 bits per heavy atom. The number of nitrogens with two attached hydrogens (primary N) is 2. The number of nitrogens with one attached hydrogen (secondary N) is 2. The molecule has 0 bridgehead atoms. The highest BCUT2D eigenvalue weighted by molar-refractivity contribution is 8.00. The minimum absolute atomic E-state index is 0.0499. The third kappa shape index (κ3) is 5.03. The van der Waals surface area contributed by atoms with E-state index < -0.39 is 12.2 Å². The van der Waals surface area contributed by atoms with Crippen LogP contribution >= 0.6 is 11.8 Å². The van der Waals surface area contributed by atoms with E-state index in [1.807, 2.05) is 6.92 Å². The Hall–Kier alpha value is -1.58. The van der Waals surface area contributed by atoms with E-state index in [0.29, 0.717) is 28.7 Å². The lowest BCUT2D eigenvalue weighted by Gasteiger charge is -2.63. The molecule has 2 aliphatic heterocycles. The molecule has 1 saturated heterocycles. The van der Waals surface area contributed by atoms with Gasteiger partial charge in [-0.25, -0.2) is 0 Å². The van der Waals surface area contributed by atoms with Crippen LogP contribution in [-0.2, 0) is 14.4 Å². The predicted octanol–water partition coefficient (Wildman–Crippen LogP) is 4.24. The standard InChI is InChI=1S/C33H53N5O3S/c1-19-18-42-31-27(30(41)38(31)28(19)29(40)36-25(35)17-34)37-26(39)8-6-7-20-9-10-22-21(20)11-12-24-23(22)13-16-32(2)14-4-5-15-33(24,32)3/h20-25,27,31H,4-18,34-35H2,1-3H3,(H,36,40)(H,37,39). The Bertz CT molecular complexity index is 1130. The molecule has 10 atom stereocenters. The van der Waals surface area contributed by atoms with Gasteiger partial charge in [0.15, 0.2) is 0 Å². The van der Waals surface area contributed by atoms with Gasteiger partial charge in [0.05, 0.1) is 6.17 Å². The summed E-state index contributed by atoms with van der Waals surface area (Å²) in [6.07, 6.45) is 15.9. The fourth-order valence-electron chi connectivity index (χ4n) is 10.6. The minimum Gasteiger partial charge on any atom is -0.342 e. The van der Waals surface area contributed by atoms with Gasteiger partial charge in [0, 0.05) is 18.7 Å². The highest BCUT2D eigenvalue weighted by Crippen LogP contribution is 2.68. The number of fused-ring (bicyclic) bond motifs is 6. The summed E-state index contributed by atoms with van der Waals surface area (Å²) in [7, 11) is 0. The second kappa shape index (κ2) is 11.7. The third-order valence-electron chi connectivity index (χ3n) is 13.0. The van der Waals surface area contributed by atoms with Gasteiger partial charge in [-0.2, -0.15) is 0 Å². The molecular formula is C33H53N5O3S. The summed E-state index contributed by atoms with van der Waals surface area (Å²) in [5, 5.41) is 5.40. The Balaban J connectivity index is 0.985. The van der Waals surface area contributed by atoms with Gasteiger partial charge in [0.1, 0.15) is 17.1 Å². The molecule has 0 spiro atoms. The zero-order chi connectivity index (χ0) is 29.8. The molecule has 8 nitrogen and oxygen atoms in total.